The summed E-state index contributed by atoms with van der Waals surface area (Å²) in [6.07, 6.45) is -4.38. The van der Waals surface area contributed by atoms with Crippen molar-refractivity contribution < 1.29 is 18.0 Å². The summed E-state index contributed by atoms with van der Waals surface area (Å²) in [7, 11) is 0. The molecule has 0 atom stereocenters. The summed E-state index contributed by atoms with van der Waals surface area (Å²) in [5.74, 6) is 0. The van der Waals surface area contributed by atoms with E-state index in [0.29, 0.717) is 19.6 Å². The fourth-order valence-electron chi connectivity index (χ4n) is 1.93. The topological polar surface area (TPSA) is 44.4 Å². The summed E-state index contributed by atoms with van der Waals surface area (Å²) in [5.41, 5.74) is -0.657. The number of carbonyl (C=O) groups is 1. The van der Waals surface area contributed by atoms with E-state index in [0.717, 1.165) is 6.07 Å². The van der Waals surface area contributed by atoms with Gasteiger partial charge in [0.25, 0.3) is 0 Å². The number of anilines is 1. The predicted octanol–water partition coefficient (Wildman–Crippen LogP) is 2.14. The Kier molecular flexibility index (Phi) is 3.82. The highest BCUT2D eigenvalue weighted by molar-refractivity contribution is 5.76. The Hall–Kier alpha value is -1.92. The molecule has 1 aromatic rings. The van der Waals surface area contributed by atoms with E-state index in [2.05, 4.69) is 10.6 Å². The second kappa shape index (κ2) is 5.38. The van der Waals surface area contributed by atoms with Gasteiger partial charge in [-0.15, -0.1) is 0 Å². The molecular formula is C12H14F3N3O. The van der Waals surface area contributed by atoms with Crippen molar-refractivity contribution in [3.63, 3.8) is 0 Å². The van der Waals surface area contributed by atoms with Crippen molar-refractivity contribution in [1.29, 1.82) is 0 Å². The van der Waals surface area contributed by atoms with Crippen LogP contribution in [-0.2, 0) is 6.18 Å². The van der Waals surface area contributed by atoms with E-state index in [4.69, 9.17) is 0 Å². The minimum Gasteiger partial charge on any atom is -0.383 e. The molecule has 2 amide bonds. The molecule has 7 heteroatoms. The standard InChI is InChI=1S/C12H14F3N3O/c13-12(14,15)9-3-1-2-4-10(9)16-5-7-18-8-6-17-11(18)19/h1-4,16H,5-8H2,(H,17,19). The molecule has 104 valence electrons. The van der Waals surface area contributed by atoms with E-state index < -0.39 is 11.7 Å². The van der Waals surface area contributed by atoms with E-state index in [9.17, 15) is 18.0 Å². The van der Waals surface area contributed by atoms with Crippen LogP contribution >= 0.6 is 0 Å². The maximum Gasteiger partial charge on any atom is 0.418 e. The van der Waals surface area contributed by atoms with Crippen molar-refractivity contribution in [3.05, 3.63) is 29.8 Å². The fourth-order valence-corrected chi connectivity index (χ4v) is 1.93. The molecule has 1 saturated heterocycles. The van der Waals surface area contributed by atoms with Crippen molar-refractivity contribution in [1.82, 2.24) is 10.2 Å². The van der Waals surface area contributed by atoms with Crippen LogP contribution in [0.4, 0.5) is 23.7 Å². The van der Waals surface area contributed by atoms with Gasteiger partial charge in [-0.2, -0.15) is 13.2 Å². The van der Waals surface area contributed by atoms with Gasteiger partial charge in [-0.05, 0) is 12.1 Å². The third-order valence-electron chi connectivity index (χ3n) is 2.87. The molecule has 19 heavy (non-hydrogen) atoms. The number of rotatable bonds is 4. The Bertz CT molecular complexity index is 462. The highest BCUT2D eigenvalue weighted by Crippen LogP contribution is 2.34. The monoisotopic (exact) mass is 273 g/mol. The molecule has 0 aliphatic carbocycles. The Morgan fingerprint density at radius 1 is 1.32 bits per heavy atom. The van der Waals surface area contributed by atoms with Crippen LogP contribution in [0, 0.1) is 0 Å². The van der Waals surface area contributed by atoms with Crippen molar-refractivity contribution >= 4 is 11.7 Å². The summed E-state index contributed by atoms with van der Waals surface area (Å²) in [6, 6.07) is 5.13. The van der Waals surface area contributed by atoms with Crippen LogP contribution in [0.15, 0.2) is 24.3 Å². The minimum absolute atomic E-state index is 0.0367. The smallest absolute Gasteiger partial charge is 0.383 e. The Balaban J connectivity index is 1.94. The average Bonchev–Trinajstić information content (AvgIpc) is 2.75. The molecule has 1 aromatic carbocycles. The van der Waals surface area contributed by atoms with E-state index in [1.807, 2.05) is 0 Å². The summed E-state index contributed by atoms with van der Waals surface area (Å²) < 4.78 is 38.2. The first-order chi connectivity index (χ1) is 8.98. The first-order valence-electron chi connectivity index (χ1n) is 5.91. The van der Waals surface area contributed by atoms with Crippen molar-refractivity contribution in [2.24, 2.45) is 0 Å². The third kappa shape index (κ3) is 3.30. The van der Waals surface area contributed by atoms with Gasteiger partial charge in [-0.25, -0.2) is 4.79 Å². The van der Waals surface area contributed by atoms with Crippen LogP contribution in [0.25, 0.3) is 0 Å². The highest BCUT2D eigenvalue weighted by atomic mass is 19.4. The molecule has 4 nitrogen and oxygen atoms in total. The number of carbonyl (C=O) groups excluding carboxylic acids is 1. The molecule has 0 bridgehead atoms. The van der Waals surface area contributed by atoms with E-state index in [1.54, 1.807) is 11.0 Å². The molecule has 1 aliphatic rings. The SMILES string of the molecule is O=C1NCCN1CCNc1ccccc1C(F)(F)F. The number of para-hydroxylation sites is 1. The number of benzene rings is 1. The normalized spacial score (nSPS) is 15.5. The van der Waals surface area contributed by atoms with Gasteiger partial charge in [0.2, 0.25) is 0 Å². The first-order valence-corrected chi connectivity index (χ1v) is 5.91. The number of halogens is 3. The van der Waals surface area contributed by atoms with Crippen LogP contribution < -0.4 is 10.6 Å². The van der Waals surface area contributed by atoms with Crippen LogP contribution in [0.5, 0.6) is 0 Å². The van der Waals surface area contributed by atoms with Gasteiger partial charge in [0.05, 0.1) is 5.56 Å². The van der Waals surface area contributed by atoms with Gasteiger partial charge in [0.15, 0.2) is 0 Å². The number of hydrogen-bond acceptors (Lipinski definition) is 2. The van der Waals surface area contributed by atoms with Crippen LogP contribution in [0.3, 0.4) is 0 Å². The number of nitrogens with zero attached hydrogens (tertiary/aromatic N) is 1. The zero-order valence-corrected chi connectivity index (χ0v) is 10.1. The molecular weight excluding hydrogens is 259 g/mol. The third-order valence-corrected chi connectivity index (χ3v) is 2.87. The van der Waals surface area contributed by atoms with E-state index in [1.165, 1.54) is 12.1 Å². The molecule has 1 fully saturated rings. The van der Waals surface area contributed by atoms with Crippen LogP contribution in [-0.4, -0.2) is 37.1 Å². The zero-order chi connectivity index (χ0) is 13.9. The predicted molar refractivity (Wildman–Crippen MR) is 64.9 cm³/mol. The van der Waals surface area contributed by atoms with E-state index >= 15 is 0 Å². The van der Waals surface area contributed by atoms with Gasteiger partial charge >= 0.3 is 12.2 Å². The maximum atomic E-state index is 12.7. The minimum atomic E-state index is -4.38. The summed E-state index contributed by atoms with van der Waals surface area (Å²) >= 11 is 0. The molecule has 0 saturated carbocycles. The molecule has 2 N–H and O–H groups in total. The molecule has 0 radical (unpaired) electrons. The van der Waals surface area contributed by atoms with Gasteiger partial charge in [-0.3, -0.25) is 0 Å². The Morgan fingerprint density at radius 2 is 2.05 bits per heavy atom. The van der Waals surface area contributed by atoms with Crippen LogP contribution in [0.2, 0.25) is 0 Å². The lowest BCUT2D eigenvalue weighted by Crippen LogP contribution is -2.32. The lowest BCUT2D eigenvalue weighted by atomic mass is 10.1. The van der Waals surface area contributed by atoms with Crippen molar-refractivity contribution in [2.45, 2.75) is 6.18 Å². The number of alkyl halides is 3. The fraction of sp³-hybridized carbons (Fsp3) is 0.417. The quantitative estimate of drug-likeness (QED) is 0.882. The molecule has 0 unspecified atom stereocenters. The second-order valence-electron chi connectivity index (χ2n) is 4.19. The summed E-state index contributed by atoms with van der Waals surface area (Å²) in [5, 5.41) is 5.36. The van der Waals surface area contributed by atoms with Gasteiger partial charge in [0, 0.05) is 31.9 Å². The average molecular weight is 273 g/mol. The highest BCUT2D eigenvalue weighted by Gasteiger charge is 2.33. The zero-order valence-electron chi connectivity index (χ0n) is 10.1. The van der Waals surface area contributed by atoms with Gasteiger partial charge < -0.3 is 15.5 Å². The number of hydrogen-bond donors (Lipinski definition) is 2. The van der Waals surface area contributed by atoms with E-state index in [-0.39, 0.29) is 18.3 Å². The summed E-state index contributed by atoms with van der Waals surface area (Å²) in [6.45, 7) is 1.82. The summed E-state index contributed by atoms with van der Waals surface area (Å²) in [4.78, 5) is 12.8. The maximum absolute atomic E-state index is 12.7. The number of nitrogens with one attached hydrogen (secondary N) is 2. The van der Waals surface area contributed by atoms with Crippen LogP contribution in [0.1, 0.15) is 5.56 Å². The molecule has 2 rings (SSSR count). The van der Waals surface area contributed by atoms with Crippen molar-refractivity contribution in [3.8, 4) is 0 Å². The molecule has 0 aromatic heterocycles. The lowest BCUT2D eigenvalue weighted by molar-refractivity contribution is -0.136. The Labute approximate surface area is 108 Å². The molecule has 1 aliphatic heterocycles. The molecule has 1 heterocycles. The van der Waals surface area contributed by atoms with Crippen molar-refractivity contribution in [2.75, 3.05) is 31.5 Å². The Morgan fingerprint density at radius 3 is 2.68 bits per heavy atom. The lowest BCUT2D eigenvalue weighted by Gasteiger charge is -2.17. The molecule has 0 spiro atoms. The first kappa shape index (κ1) is 13.5. The van der Waals surface area contributed by atoms with Gasteiger partial charge in [0.1, 0.15) is 0 Å². The number of amides is 2. The van der Waals surface area contributed by atoms with Gasteiger partial charge in [-0.1, -0.05) is 12.1 Å². The second-order valence-corrected chi connectivity index (χ2v) is 4.19. The number of urea groups is 1. The largest absolute Gasteiger partial charge is 0.418 e.